The van der Waals surface area contributed by atoms with Gasteiger partial charge in [0.25, 0.3) is 5.89 Å². The van der Waals surface area contributed by atoms with Crippen molar-refractivity contribution in [2.75, 3.05) is 7.11 Å². The molecule has 9 nitrogen and oxygen atoms in total. The molecule has 0 aliphatic rings. The molecule has 0 N–H and O–H groups in total. The van der Waals surface area contributed by atoms with Crippen LogP contribution in [0.2, 0.25) is 5.02 Å². The summed E-state index contributed by atoms with van der Waals surface area (Å²) in [6, 6.07) is 10.6. The quantitative estimate of drug-likeness (QED) is 0.356. The lowest BCUT2D eigenvalue weighted by molar-refractivity contribution is -0.386. The zero-order valence-electron chi connectivity index (χ0n) is 13.9. The Morgan fingerprint density at radius 2 is 2.00 bits per heavy atom. The van der Waals surface area contributed by atoms with Gasteiger partial charge in [0.2, 0.25) is 5.82 Å². The van der Waals surface area contributed by atoms with Gasteiger partial charge in [-0.15, -0.1) is 0 Å². The van der Waals surface area contributed by atoms with Crippen molar-refractivity contribution < 1.29 is 23.7 Å². The Hall–Kier alpha value is -3.46. The number of esters is 1. The lowest BCUT2D eigenvalue weighted by Crippen LogP contribution is -2.05. The largest absolute Gasteiger partial charge is 0.478 e. The molecule has 1 heterocycles. The minimum absolute atomic E-state index is 0.0366. The second kappa shape index (κ2) is 7.83. The van der Waals surface area contributed by atoms with E-state index in [0.29, 0.717) is 10.6 Å². The van der Waals surface area contributed by atoms with Crippen molar-refractivity contribution in [1.82, 2.24) is 10.1 Å². The molecule has 0 aliphatic heterocycles. The number of nitro groups is 1. The van der Waals surface area contributed by atoms with Gasteiger partial charge in [0, 0.05) is 16.7 Å². The molecule has 0 spiro atoms. The second-order valence-corrected chi connectivity index (χ2v) is 5.68. The first-order valence-corrected chi connectivity index (χ1v) is 7.94. The number of hydrogen-bond acceptors (Lipinski definition) is 8. The summed E-state index contributed by atoms with van der Waals surface area (Å²) in [6.45, 7) is -0.157. The highest BCUT2D eigenvalue weighted by atomic mass is 35.5. The summed E-state index contributed by atoms with van der Waals surface area (Å²) in [7, 11) is 1.19. The van der Waals surface area contributed by atoms with Crippen LogP contribution in [0.3, 0.4) is 0 Å². The van der Waals surface area contributed by atoms with Crippen LogP contribution in [0.5, 0.6) is 5.75 Å². The Labute approximate surface area is 157 Å². The fourth-order valence-corrected chi connectivity index (χ4v) is 2.32. The maximum Gasteiger partial charge on any atom is 0.338 e. The van der Waals surface area contributed by atoms with E-state index in [1.807, 2.05) is 0 Å². The van der Waals surface area contributed by atoms with Gasteiger partial charge in [0.1, 0.15) is 0 Å². The summed E-state index contributed by atoms with van der Waals surface area (Å²) >= 11 is 5.83. The standard InChI is InChI=1S/C17H12ClN3O6/c1-25-17(22)11-4-7-14(13(8-11)21(23)24)26-9-15-19-16(27-20-15)10-2-5-12(18)6-3-10/h2-8H,9H2,1H3. The van der Waals surface area contributed by atoms with Gasteiger partial charge in [-0.05, 0) is 36.4 Å². The molecule has 0 radical (unpaired) electrons. The second-order valence-electron chi connectivity index (χ2n) is 5.24. The van der Waals surface area contributed by atoms with Gasteiger partial charge in [-0.25, -0.2) is 4.79 Å². The van der Waals surface area contributed by atoms with Crippen LogP contribution < -0.4 is 4.74 Å². The van der Waals surface area contributed by atoms with Gasteiger partial charge in [0.05, 0.1) is 17.6 Å². The summed E-state index contributed by atoms with van der Waals surface area (Å²) in [5.74, 6) is -0.256. The average molecular weight is 390 g/mol. The summed E-state index contributed by atoms with van der Waals surface area (Å²) in [5.41, 5.74) is 0.340. The topological polar surface area (TPSA) is 118 Å². The van der Waals surface area contributed by atoms with Crippen LogP contribution in [-0.4, -0.2) is 28.1 Å². The summed E-state index contributed by atoms with van der Waals surface area (Å²) in [6.07, 6.45) is 0. The predicted octanol–water partition coefficient (Wildman–Crippen LogP) is 3.66. The Kier molecular flexibility index (Phi) is 5.32. The van der Waals surface area contributed by atoms with Gasteiger partial charge in [-0.3, -0.25) is 10.1 Å². The maximum atomic E-state index is 11.5. The summed E-state index contributed by atoms with van der Waals surface area (Å²) < 4.78 is 15.1. The van der Waals surface area contributed by atoms with Crippen molar-refractivity contribution in [3.05, 3.63) is 69.0 Å². The normalized spacial score (nSPS) is 10.4. The van der Waals surface area contributed by atoms with Crippen LogP contribution in [-0.2, 0) is 11.3 Å². The van der Waals surface area contributed by atoms with Gasteiger partial charge < -0.3 is 14.0 Å². The number of ether oxygens (including phenoxy) is 2. The molecule has 0 fully saturated rings. The number of benzene rings is 2. The molecular weight excluding hydrogens is 378 g/mol. The smallest absolute Gasteiger partial charge is 0.338 e. The molecule has 27 heavy (non-hydrogen) atoms. The van der Waals surface area contributed by atoms with E-state index in [4.69, 9.17) is 20.9 Å². The minimum Gasteiger partial charge on any atom is -0.478 e. The number of halogens is 1. The monoisotopic (exact) mass is 389 g/mol. The van der Waals surface area contributed by atoms with Crippen molar-refractivity contribution in [3.63, 3.8) is 0 Å². The van der Waals surface area contributed by atoms with Gasteiger partial charge in [0.15, 0.2) is 12.4 Å². The first kappa shape index (κ1) is 18.3. The molecule has 0 saturated carbocycles. The van der Waals surface area contributed by atoms with Gasteiger partial charge in [-0.1, -0.05) is 16.8 Å². The minimum atomic E-state index is -0.685. The number of nitrogens with zero attached hydrogens (tertiary/aromatic N) is 3. The van der Waals surface area contributed by atoms with E-state index in [1.54, 1.807) is 24.3 Å². The number of carbonyl (C=O) groups is 1. The highest BCUT2D eigenvalue weighted by Gasteiger charge is 2.20. The van der Waals surface area contributed by atoms with E-state index in [-0.39, 0.29) is 35.3 Å². The van der Waals surface area contributed by atoms with Crippen molar-refractivity contribution in [3.8, 4) is 17.2 Å². The zero-order chi connectivity index (χ0) is 19.4. The van der Waals surface area contributed by atoms with Crippen molar-refractivity contribution in [2.24, 2.45) is 0 Å². The van der Waals surface area contributed by atoms with Crippen molar-refractivity contribution >= 4 is 23.3 Å². The molecule has 10 heteroatoms. The molecule has 138 valence electrons. The maximum absolute atomic E-state index is 11.5. The molecule has 3 rings (SSSR count). The first-order valence-electron chi connectivity index (χ1n) is 7.56. The summed E-state index contributed by atoms with van der Waals surface area (Å²) in [4.78, 5) is 26.3. The number of rotatable bonds is 6. The number of methoxy groups -OCH3 is 1. The van der Waals surface area contributed by atoms with Crippen LogP contribution in [0, 0.1) is 10.1 Å². The Morgan fingerprint density at radius 1 is 1.26 bits per heavy atom. The van der Waals surface area contributed by atoms with E-state index < -0.39 is 10.9 Å². The third-order valence-corrected chi connectivity index (χ3v) is 3.74. The van der Waals surface area contributed by atoms with E-state index in [2.05, 4.69) is 14.9 Å². The molecule has 2 aromatic carbocycles. The van der Waals surface area contributed by atoms with E-state index in [1.165, 1.54) is 19.2 Å². The lowest BCUT2D eigenvalue weighted by Gasteiger charge is -2.06. The average Bonchev–Trinajstić information content (AvgIpc) is 3.15. The van der Waals surface area contributed by atoms with Crippen LogP contribution in [0.25, 0.3) is 11.5 Å². The zero-order valence-corrected chi connectivity index (χ0v) is 14.7. The molecule has 0 unspecified atom stereocenters. The van der Waals surface area contributed by atoms with E-state index in [9.17, 15) is 14.9 Å². The Bertz CT molecular complexity index is 987. The number of aromatic nitrogens is 2. The number of carbonyl (C=O) groups excluding carboxylic acids is 1. The highest BCUT2D eigenvalue weighted by molar-refractivity contribution is 6.30. The van der Waals surface area contributed by atoms with E-state index >= 15 is 0 Å². The highest BCUT2D eigenvalue weighted by Crippen LogP contribution is 2.29. The van der Waals surface area contributed by atoms with Crippen LogP contribution in [0.1, 0.15) is 16.2 Å². The molecule has 1 aromatic heterocycles. The SMILES string of the molecule is COC(=O)c1ccc(OCc2noc(-c3ccc(Cl)cc3)n2)c([N+](=O)[O-])c1. The number of nitro benzene ring substituents is 1. The molecule has 0 bridgehead atoms. The van der Waals surface area contributed by atoms with E-state index in [0.717, 1.165) is 6.07 Å². The van der Waals surface area contributed by atoms with Crippen molar-refractivity contribution in [1.29, 1.82) is 0 Å². The molecule has 0 amide bonds. The molecular formula is C17H12ClN3O6. The first-order chi connectivity index (χ1) is 13.0. The Morgan fingerprint density at radius 3 is 2.67 bits per heavy atom. The van der Waals surface area contributed by atoms with Crippen molar-refractivity contribution in [2.45, 2.75) is 6.61 Å². The molecule has 0 aliphatic carbocycles. The van der Waals surface area contributed by atoms with Crippen LogP contribution >= 0.6 is 11.6 Å². The predicted molar refractivity (Wildman–Crippen MR) is 93.5 cm³/mol. The fraction of sp³-hybridized carbons (Fsp3) is 0.118. The Balaban J connectivity index is 1.76. The van der Waals surface area contributed by atoms with Gasteiger partial charge in [-0.2, -0.15) is 4.98 Å². The molecule has 3 aromatic rings. The fourth-order valence-electron chi connectivity index (χ4n) is 2.19. The summed E-state index contributed by atoms with van der Waals surface area (Å²) in [5, 5.41) is 15.6. The molecule has 0 atom stereocenters. The van der Waals surface area contributed by atoms with Gasteiger partial charge >= 0.3 is 11.7 Å². The lowest BCUT2D eigenvalue weighted by atomic mass is 10.2. The third-order valence-electron chi connectivity index (χ3n) is 3.49. The number of hydrogen-bond donors (Lipinski definition) is 0. The van der Waals surface area contributed by atoms with Crippen LogP contribution in [0.4, 0.5) is 5.69 Å². The molecule has 0 saturated heterocycles. The third kappa shape index (κ3) is 4.21. The van der Waals surface area contributed by atoms with Crippen LogP contribution in [0.15, 0.2) is 47.0 Å².